The highest BCUT2D eigenvalue weighted by Gasteiger charge is 2.08. The summed E-state index contributed by atoms with van der Waals surface area (Å²) in [6.45, 7) is 4.21. The maximum Gasteiger partial charge on any atom is 0.277 e. The molecule has 5 nitrogen and oxygen atoms in total. The quantitative estimate of drug-likeness (QED) is 0.525. The molecule has 0 amide bonds. The summed E-state index contributed by atoms with van der Waals surface area (Å²) in [6.07, 6.45) is 0. The van der Waals surface area contributed by atoms with Gasteiger partial charge in [-0.2, -0.15) is 13.1 Å². The molecular weight excluding hydrogens is 210 g/mol. The Balaban J connectivity index is 3.88. The number of thiocarbonyl (C=S) groups is 1. The molecule has 0 fully saturated rings. The Morgan fingerprint density at radius 2 is 2.00 bits per heavy atom. The topological polar surface area (TPSA) is 84.2 Å². The van der Waals surface area contributed by atoms with E-state index in [1.54, 1.807) is 0 Å². The van der Waals surface area contributed by atoms with Crippen LogP contribution in [0.5, 0.6) is 0 Å². The first-order valence-corrected chi connectivity index (χ1v) is 5.75. The summed E-state index contributed by atoms with van der Waals surface area (Å²) in [7, 11) is -3.44. The molecule has 0 atom stereocenters. The molecule has 0 aliphatic heterocycles. The Kier molecular flexibility index (Phi) is 5.38. The summed E-state index contributed by atoms with van der Waals surface area (Å²) in [6, 6.07) is 0. The number of hydrogen-bond donors (Lipinski definition) is 3. The van der Waals surface area contributed by atoms with Crippen molar-refractivity contribution in [2.24, 2.45) is 11.7 Å². The molecule has 0 saturated heterocycles. The highest BCUT2D eigenvalue weighted by Crippen LogP contribution is 1.88. The van der Waals surface area contributed by atoms with Gasteiger partial charge in [-0.15, -0.1) is 0 Å². The van der Waals surface area contributed by atoms with Gasteiger partial charge < -0.3 is 5.73 Å². The standard InChI is InChI=1S/C6H15N3O2S2/c1-5(2)3-8-13(10,11)9-4-6(7)12/h5,8-9H,3-4H2,1-2H3,(H2,7,12). The van der Waals surface area contributed by atoms with Crippen molar-refractivity contribution >= 4 is 27.4 Å². The molecule has 0 aliphatic rings. The van der Waals surface area contributed by atoms with Crippen LogP contribution >= 0.6 is 12.2 Å². The zero-order valence-corrected chi connectivity index (χ0v) is 9.33. The molecule has 7 heteroatoms. The lowest BCUT2D eigenvalue weighted by Gasteiger charge is -2.08. The average Bonchev–Trinajstić information content (AvgIpc) is 1.98. The molecule has 0 saturated carbocycles. The Labute approximate surface area is 84.3 Å². The lowest BCUT2D eigenvalue weighted by Crippen LogP contribution is -2.41. The Hall–Kier alpha value is -0.240. The highest BCUT2D eigenvalue weighted by molar-refractivity contribution is 7.87. The fourth-order valence-corrected chi connectivity index (χ4v) is 1.66. The van der Waals surface area contributed by atoms with Crippen molar-refractivity contribution in [1.29, 1.82) is 0 Å². The SMILES string of the molecule is CC(C)CNS(=O)(=O)NCC(N)=S. The predicted octanol–water partition coefficient (Wildman–Crippen LogP) is -0.647. The molecule has 13 heavy (non-hydrogen) atoms. The molecule has 0 aromatic carbocycles. The van der Waals surface area contributed by atoms with Crippen LogP contribution in [0.4, 0.5) is 0 Å². The minimum Gasteiger partial charge on any atom is -0.392 e. The van der Waals surface area contributed by atoms with E-state index in [1.165, 1.54) is 0 Å². The average molecular weight is 225 g/mol. The molecule has 78 valence electrons. The van der Waals surface area contributed by atoms with Crippen LogP contribution in [0.15, 0.2) is 0 Å². The van der Waals surface area contributed by atoms with E-state index in [1.807, 2.05) is 13.8 Å². The van der Waals surface area contributed by atoms with Crippen molar-refractivity contribution < 1.29 is 8.42 Å². The van der Waals surface area contributed by atoms with Gasteiger partial charge in [-0.05, 0) is 5.92 Å². The van der Waals surface area contributed by atoms with E-state index in [0.29, 0.717) is 6.54 Å². The molecule has 0 aromatic heterocycles. The van der Waals surface area contributed by atoms with Crippen LogP contribution in [0.1, 0.15) is 13.8 Å². The van der Waals surface area contributed by atoms with Gasteiger partial charge in [0.25, 0.3) is 10.2 Å². The first-order valence-electron chi connectivity index (χ1n) is 3.86. The van der Waals surface area contributed by atoms with E-state index >= 15 is 0 Å². The van der Waals surface area contributed by atoms with E-state index < -0.39 is 10.2 Å². The van der Waals surface area contributed by atoms with Gasteiger partial charge in [0, 0.05) is 6.54 Å². The molecule has 0 unspecified atom stereocenters. The maximum atomic E-state index is 11.1. The van der Waals surface area contributed by atoms with Crippen LogP contribution in [-0.2, 0) is 10.2 Å². The molecular formula is C6H15N3O2S2. The van der Waals surface area contributed by atoms with Crippen molar-refractivity contribution in [3.05, 3.63) is 0 Å². The maximum absolute atomic E-state index is 11.1. The van der Waals surface area contributed by atoms with Gasteiger partial charge in [0.1, 0.15) is 0 Å². The van der Waals surface area contributed by atoms with E-state index in [9.17, 15) is 8.42 Å². The summed E-state index contributed by atoms with van der Waals surface area (Å²) in [4.78, 5) is 0.120. The van der Waals surface area contributed by atoms with Crippen molar-refractivity contribution in [2.75, 3.05) is 13.1 Å². The van der Waals surface area contributed by atoms with Crippen molar-refractivity contribution in [3.8, 4) is 0 Å². The lowest BCUT2D eigenvalue weighted by atomic mass is 10.2. The van der Waals surface area contributed by atoms with E-state index in [4.69, 9.17) is 5.73 Å². The largest absolute Gasteiger partial charge is 0.392 e. The number of nitrogens with one attached hydrogen (secondary N) is 2. The molecule has 4 N–H and O–H groups in total. The molecule has 0 heterocycles. The van der Waals surface area contributed by atoms with E-state index in [2.05, 4.69) is 21.7 Å². The van der Waals surface area contributed by atoms with Gasteiger partial charge in [-0.25, -0.2) is 4.72 Å². The third-order valence-electron chi connectivity index (χ3n) is 1.12. The summed E-state index contributed by atoms with van der Waals surface area (Å²) in [5.41, 5.74) is 5.13. The van der Waals surface area contributed by atoms with Crippen LogP contribution in [0.25, 0.3) is 0 Å². The normalized spacial score (nSPS) is 11.9. The summed E-state index contributed by atoms with van der Waals surface area (Å²) < 4.78 is 26.8. The van der Waals surface area contributed by atoms with Gasteiger partial charge >= 0.3 is 0 Å². The van der Waals surface area contributed by atoms with Crippen molar-refractivity contribution in [2.45, 2.75) is 13.8 Å². The Bertz CT molecular complexity index is 261. The van der Waals surface area contributed by atoms with Gasteiger partial charge in [0.15, 0.2) is 0 Å². The fourth-order valence-electron chi connectivity index (χ4n) is 0.494. The smallest absolute Gasteiger partial charge is 0.277 e. The highest BCUT2D eigenvalue weighted by atomic mass is 32.2. The van der Waals surface area contributed by atoms with Gasteiger partial charge in [0.05, 0.1) is 11.5 Å². The van der Waals surface area contributed by atoms with E-state index in [-0.39, 0.29) is 17.5 Å². The number of rotatable bonds is 6. The zero-order valence-electron chi connectivity index (χ0n) is 7.70. The van der Waals surface area contributed by atoms with Gasteiger partial charge in [-0.1, -0.05) is 26.1 Å². The Morgan fingerprint density at radius 3 is 2.38 bits per heavy atom. The molecule has 0 bridgehead atoms. The first-order chi connectivity index (χ1) is 5.83. The van der Waals surface area contributed by atoms with Crippen molar-refractivity contribution in [3.63, 3.8) is 0 Å². The monoisotopic (exact) mass is 225 g/mol. The van der Waals surface area contributed by atoms with Gasteiger partial charge in [-0.3, -0.25) is 0 Å². The number of nitrogens with two attached hydrogens (primary N) is 1. The van der Waals surface area contributed by atoms with Crippen LogP contribution < -0.4 is 15.2 Å². The second-order valence-electron chi connectivity index (χ2n) is 3.03. The first kappa shape index (κ1) is 12.8. The zero-order chi connectivity index (χ0) is 10.5. The summed E-state index contributed by atoms with van der Waals surface area (Å²) in [5.74, 6) is 0.265. The third-order valence-corrected chi connectivity index (χ3v) is 2.33. The summed E-state index contributed by atoms with van der Waals surface area (Å²) in [5, 5.41) is 0. The molecule has 0 aliphatic carbocycles. The van der Waals surface area contributed by atoms with Crippen molar-refractivity contribution in [1.82, 2.24) is 9.44 Å². The predicted molar refractivity (Wildman–Crippen MR) is 56.5 cm³/mol. The van der Waals surface area contributed by atoms with Crippen LogP contribution in [0, 0.1) is 5.92 Å². The van der Waals surface area contributed by atoms with Crippen LogP contribution in [0.3, 0.4) is 0 Å². The Morgan fingerprint density at radius 1 is 1.46 bits per heavy atom. The fraction of sp³-hybridized carbons (Fsp3) is 0.833. The summed E-state index contributed by atoms with van der Waals surface area (Å²) >= 11 is 4.52. The molecule has 0 spiro atoms. The molecule has 0 rings (SSSR count). The van der Waals surface area contributed by atoms with Gasteiger partial charge in [0.2, 0.25) is 0 Å². The lowest BCUT2D eigenvalue weighted by molar-refractivity contribution is 0.551. The van der Waals surface area contributed by atoms with Crippen LogP contribution in [-0.4, -0.2) is 26.5 Å². The number of hydrogen-bond acceptors (Lipinski definition) is 3. The minimum atomic E-state index is -3.44. The molecule has 0 aromatic rings. The minimum absolute atomic E-state index is 0.0111. The third kappa shape index (κ3) is 8.10. The van der Waals surface area contributed by atoms with Crippen LogP contribution in [0.2, 0.25) is 0 Å². The second kappa shape index (κ2) is 5.48. The molecule has 0 radical (unpaired) electrons. The van der Waals surface area contributed by atoms with E-state index in [0.717, 1.165) is 0 Å². The second-order valence-corrected chi connectivity index (χ2v) is 5.14.